The van der Waals surface area contributed by atoms with Gasteiger partial charge in [0.15, 0.2) is 0 Å². The number of carbonyl (C=O) groups excluding carboxylic acids is 3. The van der Waals surface area contributed by atoms with E-state index in [0.717, 1.165) is 0 Å². The van der Waals surface area contributed by atoms with Crippen molar-refractivity contribution in [3.63, 3.8) is 0 Å². The minimum Gasteiger partial charge on any atom is -0.443 e. The van der Waals surface area contributed by atoms with E-state index in [9.17, 15) is 31.6 Å². The fraction of sp³-hybridized carbons (Fsp3) is 0.833. The van der Waals surface area contributed by atoms with E-state index in [1.165, 1.54) is 41.5 Å². The highest BCUT2D eigenvalue weighted by Crippen LogP contribution is 2.53. The van der Waals surface area contributed by atoms with Gasteiger partial charge in [0, 0.05) is 0 Å². The van der Waals surface area contributed by atoms with Crippen molar-refractivity contribution in [1.82, 2.24) is 9.62 Å². The molecule has 12 heteroatoms. The summed E-state index contributed by atoms with van der Waals surface area (Å²) >= 11 is 0. The Bertz CT molecular complexity index is 800. The first kappa shape index (κ1) is 24.3. The van der Waals surface area contributed by atoms with Gasteiger partial charge in [0.05, 0.1) is 11.2 Å². The zero-order valence-electron chi connectivity index (χ0n) is 17.8. The number of nitrogens with one attached hydrogen (secondary N) is 1. The molecular formula is C18H28F2N2O7S. The lowest BCUT2D eigenvalue weighted by Gasteiger charge is -2.33. The first-order valence-electron chi connectivity index (χ1n) is 9.51. The van der Waals surface area contributed by atoms with Crippen molar-refractivity contribution in [2.24, 2.45) is 5.92 Å². The third-order valence-corrected chi connectivity index (χ3v) is 6.25. The zero-order chi connectivity index (χ0) is 23.3. The minimum atomic E-state index is -4.11. The summed E-state index contributed by atoms with van der Waals surface area (Å²) in [6.45, 7) is 8.92. The highest BCUT2D eigenvalue weighted by molar-refractivity contribution is 7.91. The van der Waals surface area contributed by atoms with Gasteiger partial charge in [-0.1, -0.05) is 0 Å². The predicted molar refractivity (Wildman–Crippen MR) is 101 cm³/mol. The third kappa shape index (κ3) is 5.38. The summed E-state index contributed by atoms with van der Waals surface area (Å²) in [5.41, 5.74) is -4.67. The van der Waals surface area contributed by atoms with Crippen LogP contribution < -0.4 is 4.72 Å². The average Bonchev–Trinajstić information content (AvgIpc) is 3.37. The summed E-state index contributed by atoms with van der Waals surface area (Å²) < 4.78 is 63.6. The topological polar surface area (TPSA) is 119 Å². The van der Waals surface area contributed by atoms with Gasteiger partial charge in [-0.2, -0.15) is 4.90 Å². The predicted octanol–water partition coefficient (Wildman–Crippen LogP) is 2.79. The van der Waals surface area contributed by atoms with Gasteiger partial charge in [-0.3, -0.25) is 9.52 Å². The third-order valence-electron chi connectivity index (χ3n) is 4.43. The Balaban J connectivity index is 2.46. The lowest BCUT2D eigenvalue weighted by Crippen LogP contribution is -2.59. The molecule has 2 atom stereocenters. The highest BCUT2D eigenvalue weighted by Gasteiger charge is 2.72. The molecular weight excluding hydrogens is 426 g/mol. The van der Waals surface area contributed by atoms with Gasteiger partial charge in [-0.15, -0.1) is 0 Å². The molecule has 9 nitrogen and oxygen atoms in total. The van der Waals surface area contributed by atoms with Crippen LogP contribution in [0.1, 0.15) is 60.8 Å². The molecule has 0 bridgehead atoms. The van der Waals surface area contributed by atoms with Crippen LogP contribution in [0.5, 0.6) is 0 Å². The van der Waals surface area contributed by atoms with Crippen LogP contribution in [0.25, 0.3) is 0 Å². The summed E-state index contributed by atoms with van der Waals surface area (Å²) in [4.78, 5) is 38.7. The monoisotopic (exact) mass is 454 g/mol. The molecule has 0 aromatic carbocycles. The molecule has 0 saturated heterocycles. The second kappa shape index (κ2) is 7.61. The van der Waals surface area contributed by atoms with Crippen molar-refractivity contribution in [1.29, 1.82) is 0 Å². The van der Waals surface area contributed by atoms with E-state index in [0.29, 0.717) is 12.8 Å². The van der Waals surface area contributed by atoms with Crippen molar-refractivity contribution in [3.8, 4) is 0 Å². The number of sulfonamides is 1. The van der Waals surface area contributed by atoms with Crippen LogP contribution in [0, 0.1) is 5.92 Å². The maximum Gasteiger partial charge on any atom is 0.420 e. The Morgan fingerprint density at radius 2 is 1.43 bits per heavy atom. The van der Waals surface area contributed by atoms with Gasteiger partial charge in [0.25, 0.3) is 5.91 Å². The molecule has 0 spiro atoms. The van der Waals surface area contributed by atoms with Gasteiger partial charge in [-0.25, -0.2) is 26.8 Å². The second-order valence-corrected chi connectivity index (χ2v) is 11.5. The van der Waals surface area contributed by atoms with Crippen LogP contribution in [0.3, 0.4) is 0 Å². The van der Waals surface area contributed by atoms with Gasteiger partial charge < -0.3 is 9.47 Å². The molecule has 2 fully saturated rings. The number of hydrogen-bond acceptors (Lipinski definition) is 7. The molecule has 0 aliphatic heterocycles. The van der Waals surface area contributed by atoms with Gasteiger partial charge in [-0.05, 0) is 60.8 Å². The van der Waals surface area contributed by atoms with E-state index >= 15 is 0 Å². The molecule has 3 amide bonds. The minimum absolute atomic E-state index is 0.193. The Morgan fingerprint density at radius 1 is 1.00 bits per heavy atom. The number of carbonyl (C=O) groups is 3. The maximum absolute atomic E-state index is 13.6. The number of nitrogens with zero attached hydrogens (tertiary/aromatic N) is 1. The molecule has 172 valence electrons. The Labute approximate surface area is 174 Å². The number of rotatable bonds is 5. The standard InChI is InChI=1S/C18H28F2N2O7S/c1-16(2,3)28-14(24)22(15(25)29-17(4,5)6)18(9-11(18)12(19)20)13(23)21-30(26,27)10-7-8-10/h10-12H,7-9H2,1-6H3,(H,21,23)/t11-,18+/m0/s1. The van der Waals surface area contributed by atoms with Crippen LogP contribution in [-0.2, 0) is 24.3 Å². The Hall–Kier alpha value is -1.98. The first-order chi connectivity index (χ1) is 13.4. The van der Waals surface area contributed by atoms with E-state index in [1.54, 1.807) is 4.72 Å². The molecule has 2 aliphatic rings. The Morgan fingerprint density at radius 3 is 1.73 bits per heavy atom. The smallest absolute Gasteiger partial charge is 0.420 e. The molecule has 0 aromatic heterocycles. The highest BCUT2D eigenvalue weighted by atomic mass is 32.2. The normalized spacial score (nSPS) is 24.2. The lowest BCUT2D eigenvalue weighted by atomic mass is 10.1. The first-order valence-corrected chi connectivity index (χ1v) is 11.1. The maximum atomic E-state index is 13.6. The molecule has 1 N–H and O–H groups in total. The van der Waals surface area contributed by atoms with Crippen molar-refractivity contribution >= 4 is 28.1 Å². The fourth-order valence-corrected chi connectivity index (χ4v) is 4.25. The van der Waals surface area contributed by atoms with E-state index in [1.807, 2.05) is 0 Å². The Kier molecular flexibility index (Phi) is 6.16. The number of imide groups is 1. The lowest BCUT2D eigenvalue weighted by molar-refractivity contribution is -0.127. The number of ether oxygens (including phenoxy) is 2. The summed E-state index contributed by atoms with van der Waals surface area (Å²) in [7, 11) is -4.11. The SMILES string of the molecule is CC(C)(C)OC(=O)N(C(=O)OC(C)(C)C)[C@]1(C(=O)NS(=O)(=O)C2CC2)C[C@H]1C(F)F. The summed E-state index contributed by atoms with van der Waals surface area (Å²) in [6.07, 6.45) is -5.80. The molecule has 2 rings (SSSR count). The molecule has 2 aliphatic carbocycles. The molecule has 2 saturated carbocycles. The molecule has 0 heterocycles. The summed E-state index contributed by atoms with van der Waals surface area (Å²) in [6, 6.07) is 0. The number of halogens is 2. The zero-order valence-corrected chi connectivity index (χ0v) is 18.6. The summed E-state index contributed by atoms with van der Waals surface area (Å²) in [5.74, 6) is -3.14. The van der Waals surface area contributed by atoms with Crippen molar-refractivity contribution in [3.05, 3.63) is 0 Å². The molecule has 0 radical (unpaired) electrons. The van der Waals surface area contributed by atoms with Crippen LogP contribution >= 0.6 is 0 Å². The van der Waals surface area contributed by atoms with Gasteiger partial charge >= 0.3 is 12.2 Å². The van der Waals surface area contributed by atoms with Crippen LogP contribution in [-0.4, -0.2) is 59.8 Å². The van der Waals surface area contributed by atoms with Gasteiger partial charge in [0.1, 0.15) is 16.7 Å². The van der Waals surface area contributed by atoms with Crippen LogP contribution in [0.2, 0.25) is 0 Å². The van der Waals surface area contributed by atoms with E-state index in [-0.39, 0.29) is 4.90 Å². The molecule has 30 heavy (non-hydrogen) atoms. The summed E-state index contributed by atoms with van der Waals surface area (Å²) in [5, 5.41) is -0.807. The average molecular weight is 454 g/mol. The second-order valence-electron chi connectivity index (χ2n) is 9.54. The van der Waals surface area contributed by atoms with Crippen LogP contribution in [0.4, 0.5) is 18.4 Å². The number of amides is 3. The van der Waals surface area contributed by atoms with E-state index in [4.69, 9.17) is 9.47 Å². The molecule has 0 aromatic rings. The van der Waals surface area contributed by atoms with Crippen LogP contribution in [0.15, 0.2) is 0 Å². The molecule has 0 unspecified atom stereocenters. The quantitative estimate of drug-likeness (QED) is 0.678. The van der Waals surface area contributed by atoms with Gasteiger partial charge in [0.2, 0.25) is 16.4 Å². The van der Waals surface area contributed by atoms with Crippen molar-refractivity contribution in [2.45, 2.75) is 89.2 Å². The fourth-order valence-electron chi connectivity index (χ4n) is 2.89. The van der Waals surface area contributed by atoms with E-state index in [2.05, 4.69) is 0 Å². The largest absolute Gasteiger partial charge is 0.443 e. The number of hydrogen-bond donors (Lipinski definition) is 1. The van der Waals surface area contributed by atoms with Crippen molar-refractivity contribution < 1.29 is 41.1 Å². The number of alkyl halides is 2. The van der Waals surface area contributed by atoms with Crippen molar-refractivity contribution in [2.75, 3.05) is 0 Å². The van der Waals surface area contributed by atoms with E-state index < -0.39 is 68.9 Å².